The van der Waals surface area contributed by atoms with Gasteiger partial charge in [-0.2, -0.15) is 5.26 Å². The van der Waals surface area contributed by atoms with Crippen LogP contribution in [0.5, 0.6) is 0 Å². The van der Waals surface area contributed by atoms with E-state index in [9.17, 15) is 9.59 Å². The summed E-state index contributed by atoms with van der Waals surface area (Å²) in [5.74, 6) is -1.58. The van der Waals surface area contributed by atoms with Gasteiger partial charge >= 0.3 is 5.97 Å². The van der Waals surface area contributed by atoms with Crippen molar-refractivity contribution in [3.63, 3.8) is 0 Å². The van der Waals surface area contributed by atoms with Crippen LogP contribution in [0.15, 0.2) is 11.8 Å². The summed E-state index contributed by atoms with van der Waals surface area (Å²) >= 11 is 0. The Hall–Kier alpha value is -2.07. The van der Waals surface area contributed by atoms with Crippen molar-refractivity contribution in [1.29, 1.82) is 5.26 Å². The summed E-state index contributed by atoms with van der Waals surface area (Å²) in [6, 6.07) is 0.884. The molecule has 7 nitrogen and oxygen atoms in total. The molecule has 1 fully saturated rings. The number of likely N-dealkylation sites (N-methyl/N-ethyl adjacent to an activating group) is 1. The average Bonchev–Trinajstić information content (AvgIpc) is 2.45. The maximum atomic E-state index is 12.1. The lowest BCUT2D eigenvalue weighted by Crippen LogP contribution is -2.44. The van der Waals surface area contributed by atoms with E-state index in [1.807, 2.05) is 31.9 Å². The molecule has 0 radical (unpaired) electrons. The Balaban J connectivity index is 2.71. The van der Waals surface area contributed by atoms with Gasteiger partial charge in [-0.15, -0.1) is 0 Å². The molecule has 1 aliphatic heterocycles. The molecule has 22 heavy (non-hydrogen) atoms. The van der Waals surface area contributed by atoms with Gasteiger partial charge in [0, 0.05) is 32.4 Å². The summed E-state index contributed by atoms with van der Waals surface area (Å²) in [5, 5.41) is 20.7. The number of hydrogen-bond donors (Lipinski definition) is 2. The zero-order chi connectivity index (χ0) is 16.7. The van der Waals surface area contributed by atoms with E-state index in [4.69, 9.17) is 10.4 Å². The van der Waals surface area contributed by atoms with Gasteiger partial charge in [0.1, 0.15) is 17.7 Å². The molecule has 0 bridgehead atoms. The van der Waals surface area contributed by atoms with Crippen LogP contribution < -0.4 is 5.32 Å². The third kappa shape index (κ3) is 5.74. The minimum atomic E-state index is -1.08. The predicted molar refractivity (Wildman–Crippen MR) is 81.8 cm³/mol. The number of piperazine rings is 1. The van der Waals surface area contributed by atoms with Gasteiger partial charge in [-0.05, 0) is 19.4 Å². The maximum absolute atomic E-state index is 12.1. The summed E-state index contributed by atoms with van der Waals surface area (Å²) in [7, 11) is 2.02. The maximum Gasteiger partial charge on any atom is 0.326 e. The molecule has 0 spiro atoms. The topological polar surface area (TPSA) is 96.7 Å². The Labute approximate surface area is 131 Å². The molecule has 1 saturated heterocycles. The van der Waals surface area contributed by atoms with Crippen LogP contribution in [-0.2, 0) is 9.59 Å². The van der Waals surface area contributed by atoms with E-state index < -0.39 is 17.9 Å². The van der Waals surface area contributed by atoms with Gasteiger partial charge in [0.25, 0.3) is 5.91 Å². The predicted octanol–water partition coefficient (Wildman–Crippen LogP) is 0.257. The Morgan fingerprint density at radius 2 is 1.91 bits per heavy atom. The van der Waals surface area contributed by atoms with Crippen LogP contribution in [0.25, 0.3) is 0 Å². The monoisotopic (exact) mass is 308 g/mol. The SMILES string of the molecule is CC(C)CC(NC(=O)/C(C#N)=C\N1CCN(C)CC1)C(=O)O. The van der Waals surface area contributed by atoms with Gasteiger partial charge in [0.15, 0.2) is 0 Å². The lowest BCUT2D eigenvalue weighted by molar-refractivity contribution is -0.141. The third-order valence-electron chi connectivity index (χ3n) is 3.53. The van der Waals surface area contributed by atoms with Crippen molar-refractivity contribution >= 4 is 11.9 Å². The van der Waals surface area contributed by atoms with Crippen molar-refractivity contribution < 1.29 is 14.7 Å². The van der Waals surface area contributed by atoms with Crippen LogP contribution in [0.4, 0.5) is 0 Å². The van der Waals surface area contributed by atoms with Crippen LogP contribution in [0.2, 0.25) is 0 Å². The van der Waals surface area contributed by atoms with Crippen molar-refractivity contribution in [2.75, 3.05) is 33.2 Å². The van der Waals surface area contributed by atoms with Gasteiger partial charge in [-0.25, -0.2) is 4.79 Å². The summed E-state index contributed by atoms with van der Waals surface area (Å²) in [6.07, 6.45) is 1.85. The Morgan fingerprint density at radius 3 is 2.36 bits per heavy atom. The third-order valence-corrected chi connectivity index (χ3v) is 3.53. The molecule has 1 atom stereocenters. The molecule has 7 heteroatoms. The van der Waals surface area contributed by atoms with E-state index in [1.165, 1.54) is 6.20 Å². The largest absolute Gasteiger partial charge is 0.480 e. The molecule has 1 unspecified atom stereocenters. The first-order valence-corrected chi connectivity index (χ1v) is 7.41. The normalized spacial score (nSPS) is 18.0. The highest BCUT2D eigenvalue weighted by Gasteiger charge is 2.23. The molecule has 1 aliphatic rings. The number of nitriles is 1. The standard InChI is InChI=1S/C15H24N4O3/c1-11(2)8-13(15(21)22)17-14(20)12(9-16)10-19-6-4-18(3)5-7-19/h10-11,13H,4-8H2,1-3H3,(H,17,20)(H,21,22)/b12-10-. The average molecular weight is 308 g/mol. The molecular formula is C15H24N4O3. The van der Waals surface area contributed by atoms with Crippen LogP contribution in [0, 0.1) is 17.2 Å². The second-order valence-corrected chi connectivity index (χ2v) is 5.99. The number of carboxylic acids is 1. The Kier molecular flexibility index (Phi) is 6.86. The second kappa shape index (κ2) is 8.39. The number of hydrogen-bond acceptors (Lipinski definition) is 5. The molecule has 1 heterocycles. The fourth-order valence-electron chi connectivity index (χ4n) is 2.20. The Morgan fingerprint density at radius 1 is 1.32 bits per heavy atom. The van der Waals surface area contributed by atoms with E-state index in [0.717, 1.165) is 26.2 Å². The van der Waals surface area contributed by atoms with Gasteiger partial charge in [0.2, 0.25) is 0 Å². The highest BCUT2D eigenvalue weighted by molar-refractivity contribution is 5.99. The van der Waals surface area contributed by atoms with Crippen LogP contribution in [-0.4, -0.2) is 66.1 Å². The van der Waals surface area contributed by atoms with Crippen molar-refractivity contribution in [3.05, 3.63) is 11.8 Å². The smallest absolute Gasteiger partial charge is 0.326 e. The van der Waals surface area contributed by atoms with Crippen molar-refractivity contribution in [2.24, 2.45) is 5.92 Å². The van der Waals surface area contributed by atoms with E-state index in [-0.39, 0.29) is 11.5 Å². The van der Waals surface area contributed by atoms with Crippen LogP contribution in [0.1, 0.15) is 20.3 Å². The molecule has 1 amide bonds. The number of nitrogens with one attached hydrogen (secondary N) is 1. The highest BCUT2D eigenvalue weighted by atomic mass is 16.4. The number of nitrogens with zero attached hydrogens (tertiary/aromatic N) is 3. The molecule has 0 saturated carbocycles. The van der Waals surface area contributed by atoms with E-state index >= 15 is 0 Å². The van der Waals surface area contributed by atoms with Crippen molar-refractivity contribution in [1.82, 2.24) is 15.1 Å². The van der Waals surface area contributed by atoms with E-state index in [2.05, 4.69) is 10.2 Å². The minimum absolute atomic E-state index is 0.0560. The molecule has 1 rings (SSSR count). The molecule has 0 aliphatic carbocycles. The molecule has 0 aromatic rings. The minimum Gasteiger partial charge on any atom is -0.480 e. The van der Waals surface area contributed by atoms with Crippen molar-refractivity contribution in [2.45, 2.75) is 26.3 Å². The molecule has 122 valence electrons. The molecular weight excluding hydrogens is 284 g/mol. The number of carbonyl (C=O) groups excluding carboxylic acids is 1. The van der Waals surface area contributed by atoms with Gasteiger partial charge < -0.3 is 20.2 Å². The van der Waals surface area contributed by atoms with Crippen LogP contribution >= 0.6 is 0 Å². The first-order valence-electron chi connectivity index (χ1n) is 7.41. The van der Waals surface area contributed by atoms with Gasteiger partial charge in [0.05, 0.1) is 0 Å². The van der Waals surface area contributed by atoms with Gasteiger partial charge in [-0.1, -0.05) is 13.8 Å². The first-order chi connectivity index (χ1) is 10.3. The number of aliphatic carboxylic acids is 1. The first kappa shape index (κ1) is 18.0. The number of carbonyl (C=O) groups is 2. The lowest BCUT2D eigenvalue weighted by Gasteiger charge is -2.31. The Bertz CT molecular complexity index is 474. The molecule has 2 N–H and O–H groups in total. The van der Waals surface area contributed by atoms with E-state index in [1.54, 1.807) is 0 Å². The summed E-state index contributed by atoms with van der Waals surface area (Å²) < 4.78 is 0. The highest BCUT2D eigenvalue weighted by Crippen LogP contribution is 2.07. The molecule has 0 aromatic carbocycles. The fourth-order valence-corrected chi connectivity index (χ4v) is 2.20. The summed E-state index contributed by atoms with van der Waals surface area (Å²) in [6.45, 7) is 6.97. The zero-order valence-electron chi connectivity index (χ0n) is 13.4. The molecule has 0 aromatic heterocycles. The van der Waals surface area contributed by atoms with Crippen molar-refractivity contribution in [3.8, 4) is 6.07 Å². The second-order valence-electron chi connectivity index (χ2n) is 5.99. The van der Waals surface area contributed by atoms with Crippen LogP contribution in [0.3, 0.4) is 0 Å². The zero-order valence-corrected chi connectivity index (χ0v) is 13.4. The fraction of sp³-hybridized carbons (Fsp3) is 0.667. The number of amides is 1. The number of rotatable bonds is 6. The number of carboxylic acid groups (broad SMARTS) is 1. The van der Waals surface area contributed by atoms with Gasteiger partial charge in [-0.3, -0.25) is 4.79 Å². The summed E-state index contributed by atoms with van der Waals surface area (Å²) in [4.78, 5) is 27.4. The van der Waals surface area contributed by atoms with E-state index in [0.29, 0.717) is 6.42 Å². The summed E-state index contributed by atoms with van der Waals surface area (Å²) in [5.41, 5.74) is -0.0560. The quantitative estimate of drug-likeness (QED) is 0.539. The lowest BCUT2D eigenvalue weighted by atomic mass is 10.0.